The number of nitrogens with one attached hydrogen (secondary N) is 1. The Hall–Kier alpha value is -1.24. The average molecular weight is 299 g/mol. The van der Waals surface area contributed by atoms with E-state index in [4.69, 9.17) is 28.5 Å². The van der Waals surface area contributed by atoms with Gasteiger partial charge < -0.3 is 5.32 Å². The summed E-state index contributed by atoms with van der Waals surface area (Å²) in [5.74, 6) is -0.986. The normalized spacial score (nSPS) is 12.6. The van der Waals surface area contributed by atoms with Crippen LogP contribution in [-0.2, 0) is 11.3 Å². The Morgan fingerprint density at radius 2 is 2.05 bits per heavy atom. The molecule has 0 bridgehead atoms. The molecular formula is C14H16Cl2N2O. The Bertz CT molecular complexity index is 515. The summed E-state index contributed by atoms with van der Waals surface area (Å²) in [4.78, 5) is 12.0. The SMILES string of the molecule is CC(C)(C)C(C#N)C(=O)NCc1ccc(Cl)cc1Cl. The summed E-state index contributed by atoms with van der Waals surface area (Å²) < 4.78 is 0. The minimum absolute atomic E-state index is 0.281. The molecule has 3 nitrogen and oxygen atoms in total. The first-order chi connectivity index (χ1) is 8.75. The molecular weight excluding hydrogens is 283 g/mol. The quantitative estimate of drug-likeness (QED) is 0.923. The lowest BCUT2D eigenvalue weighted by molar-refractivity contribution is -0.126. The van der Waals surface area contributed by atoms with E-state index in [0.29, 0.717) is 10.0 Å². The van der Waals surface area contributed by atoms with E-state index in [0.717, 1.165) is 5.56 Å². The Kier molecular flexibility index (Phi) is 5.22. The molecule has 1 aromatic carbocycles. The molecule has 0 spiro atoms. The van der Waals surface area contributed by atoms with Crippen molar-refractivity contribution in [3.8, 4) is 6.07 Å². The van der Waals surface area contributed by atoms with Crippen LogP contribution in [-0.4, -0.2) is 5.91 Å². The lowest BCUT2D eigenvalue weighted by Crippen LogP contribution is -2.36. The van der Waals surface area contributed by atoms with Gasteiger partial charge in [-0.1, -0.05) is 50.0 Å². The van der Waals surface area contributed by atoms with Gasteiger partial charge in [0, 0.05) is 16.6 Å². The van der Waals surface area contributed by atoms with Crippen molar-refractivity contribution < 1.29 is 4.79 Å². The van der Waals surface area contributed by atoms with Crippen LogP contribution in [0.25, 0.3) is 0 Å². The molecule has 0 aromatic heterocycles. The van der Waals surface area contributed by atoms with Crippen LogP contribution in [0.2, 0.25) is 10.0 Å². The number of nitrogens with zero attached hydrogens (tertiary/aromatic N) is 1. The van der Waals surface area contributed by atoms with E-state index in [2.05, 4.69) is 5.32 Å². The highest BCUT2D eigenvalue weighted by Crippen LogP contribution is 2.26. The Morgan fingerprint density at radius 3 is 2.53 bits per heavy atom. The summed E-state index contributed by atoms with van der Waals surface area (Å²) in [5, 5.41) is 12.8. The van der Waals surface area contributed by atoms with Gasteiger partial charge in [-0.15, -0.1) is 0 Å². The van der Waals surface area contributed by atoms with E-state index in [-0.39, 0.29) is 12.5 Å². The Morgan fingerprint density at radius 1 is 1.42 bits per heavy atom. The van der Waals surface area contributed by atoms with Crippen molar-refractivity contribution in [2.24, 2.45) is 11.3 Å². The van der Waals surface area contributed by atoms with Crippen LogP contribution in [0.1, 0.15) is 26.3 Å². The molecule has 1 N–H and O–H groups in total. The van der Waals surface area contributed by atoms with E-state index in [9.17, 15) is 4.79 Å². The first-order valence-electron chi connectivity index (χ1n) is 5.87. The highest BCUT2D eigenvalue weighted by Gasteiger charge is 2.31. The van der Waals surface area contributed by atoms with E-state index in [1.807, 2.05) is 26.8 Å². The number of nitriles is 1. The van der Waals surface area contributed by atoms with Crippen LogP contribution in [0.15, 0.2) is 18.2 Å². The number of benzene rings is 1. The summed E-state index contributed by atoms with van der Waals surface area (Å²) in [6.07, 6.45) is 0. The van der Waals surface area contributed by atoms with E-state index < -0.39 is 11.3 Å². The maximum absolute atomic E-state index is 12.0. The van der Waals surface area contributed by atoms with Crippen LogP contribution in [0, 0.1) is 22.7 Å². The minimum Gasteiger partial charge on any atom is -0.351 e. The molecule has 0 fully saturated rings. The van der Waals surface area contributed by atoms with Gasteiger partial charge in [0.2, 0.25) is 5.91 Å². The number of halogens is 2. The highest BCUT2D eigenvalue weighted by atomic mass is 35.5. The fourth-order valence-electron chi connectivity index (χ4n) is 1.60. The fraction of sp³-hybridized carbons (Fsp3) is 0.429. The maximum atomic E-state index is 12.0. The summed E-state index contributed by atoms with van der Waals surface area (Å²) in [6, 6.07) is 7.12. The number of rotatable bonds is 3. The van der Waals surface area contributed by atoms with Crippen LogP contribution in [0.5, 0.6) is 0 Å². The van der Waals surface area contributed by atoms with Gasteiger partial charge in [-0.3, -0.25) is 4.79 Å². The summed E-state index contributed by atoms with van der Waals surface area (Å²) in [7, 11) is 0. The molecule has 1 rings (SSSR count). The van der Waals surface area contributed by atoms with Gasteiger partial charge in [0.05, 0.1) is 6.07 Å². The minimum atomic E-state index is -0.696. The second kappa shape index (κ2) is 6.27. The van der Waals surface area contributed by atoms with Crippen molar-refractivity contribution in [3.05, 3.63) is 33.8 Å². The zero-order valence-corrected chi connectivity index (χ0v) is 12.6. The largest absolute Gasteiger partial charge is 0.351 e. The maximum Gasteiger partial charge on any atom is 0.238 e. The highest BCUT2D eigenvalue weighted by molar-refractivity contribution is 6.35. The van der Waals surface area contributed by atoms with Crippen molar-refractivity contribution in [2.75, 3.05) is 0 Å². The molecule has 0 saturated heterocycles. The average Bonchev–Trinajstić information content (AvgIpc) is 2.26. The van der Waals surface area contributed by atoms with Crippen molar-refractivity contribution in [3.63, 3.8) is 0 Å². The predicted molar refractivity (Wildman–Crippen MR) is 76.9 cm³/mol. The predicted octanol–water partition coefficient (Wildman–Crippen LogP) is 3.80. The van der Waals surface area contributed by atoms with Crippen LogP contribution in [0.3, 0.4) is 0 Å². The van der Waals surface area contributed by atoms with Gasteiger partial charge in [-0.05, 0) is 23.1 Å². The summed E-state index contributed by atoms with van der Waals surface area (Å²) >= 11 is 11.8. The van der Waals surface area contributed by atoms with Gasteiger partial charge in [0.15, 0.2) is 0 Å². The standard InChI is InChI=1S/C14H16Cl2N2O/c1-14(2,3)11(7-17)13(19)18-8-9-4-5-10(15)6-12(9)16/h4-6,11H,8H2,1-3H3,(H,18,19). The molecule has 19 heavy (non-hydrogen) atoms. The van der Waals surface area contributed by atoms with Crippen molar-refractivity contribution in [1.82, 2.24) is 5.32 Å². The summed E-state index contributed by atoms with van der Waals surface area (Å²) in [6.45, 7) is 5.85. The Balaban J connectivity index is 2.72. The zero-order valence-electron chi connectivity index (χ0n) is 11.1. The number of carbonyl (C=O) groups is 1. The van der Waals surface area contributed by atoms with E-state index in [1.54, 1.807) is 18.2 Å². The molecule has 0 saturated carbocycles. The van der Waals surface area contributed by atoms with Gasteiger partial charge in [-0.25, -0.2) is 0 Å². The Labute approximate surface area is 123 Å². The molecule has 5 heteroatoms. The topological polar surface area (TPSA) is 52.9 Å². The smallest absolute Gasteiger partial charge is 0.238 e. The van der Waals surface area contributed by atoms with Crippen molar-refractivity contribution in [2.45, 2.75) is 27.3 Å². The number of hydrogen-bond acceptors (Lipinski definition) is 2. The molecule has 0 heterocycles. The lowest BCUT2D eigenvalue weighted by atomic mass is 9.81. The monoisotopic (exact) mass is 298 g/mol. The molecule has 0 radical (unpaired) electrons. The van der Waals surface area contributed by atoms with Crippen molar-refractivity contribution in [1.29, 1.82) is 5.26 Å². The van der Waals surface area contributed by atoms with Crippen LogP contribution < -0.4 is 5.32 Å². The molecule has 0 aliphatic heterocycles. The molecule has 1 atom stereocenters. The van der Waals surface area contributed by atoms with Crippen molar-refractivity contribution >= 4 is 29.1 Å². The van der Waals surface area contributed by atoms with Gasteiger partial charge in [-0.2, -0.15) is 5.26 Å². The van der Waals surface area contributed by atoms with E-state index >= 15 is 0 Å². The fourth-order valence-corrected chi connectivity index (χ4v) is 2.07. The number of amides is 1. The number of carbonyl (C=O) groups excluding carboxylic acids is 1. The summed E-state index contributed by atoms with van der Waals surface area (Å²) in [5.41, 5.74) is 0.368. The zero-order chi connectivity index (χ0) is 14.6. The first kappa shape index (κ1) is 15.8. The van der Waals surface area contributed by atoms with E-state index in [1.165, 1.54) is 0 Å². The molecule has 1 unspecified atom stereocenters. The van der Waals surface area contributed by atoms with Gasteiger partial charge in [0.1, 0.15) is 5.92 Å². The third-order valence-corrected chi connectivity index (χ3v) is 3.31. The second-order valence-electron chi connectivity index (χ2n) is 5.38. The third-order valence-electron chi connectivity index (χ3n) is 2.73. The van der Waals surface area contributed by atoms with Gasteiger partial charge in [0.25, 0.3) is 0 Å². The molecule has 1 amide bonds. The first-order valence-corrected chi connectivity index (χ1v) is 6.62. The van der Waals surface area contributed by atoms with Gasteiger partial charge >= 0.3 is 0 Å². The molecule has 1 aromatic rings. The number of hydrogen-bond donors (Lipinski definition) is 1. The third kappa shape index (κ3) is 4.41. The lowest BCUT2D eigenvalue weighted by Gasteiger charge is -2.23. The second-order valence-corrected chi connectivity index (χ2v) is 6.23. The van der Waals surface area contributed by atoms with Crippen LogP contribution >= 0.6 is 23.2 Å². The molecule has 0 aliphatic rings. The van der Waals surface area contributed by atoms with Crippen LogP contribution in [0.4, 0.5) is 0 Å². The molecule has 102 valence electrons. The molecule has 0 aliphatic carbocycles.